The van der Waals surface area contributed by atoms with E-state index in [1.165, 1.54) is 25.6 Å². The lowest BCUT2D eigenvalue weighted by Crippen LogP contribution is -2.40. The molecule has 5 heteroatoms. The Balaban J connectivity index is 2.06. The summed E-state index contributed by atoms with van der Waals surface area (Å²) in [7, 11) is 0. The average Bonchev–Trinajstić information content (AvgIpc) is 2.32. The van der Waals surface area contributed by atoms with Gasteiger partial charge in [-0.05, 0) is 25.5 Å². The van der Waals surface area contributed by atoms with Crippen molar-refractivity contribution in [2.75, 3.05) is 18.1 Å². The quantitative estimate of drug-likeness (QED) is 0.807. The van der Waals surface area contributed by atoms with Crippen molar-refractivity contribution in [1.29, 1.82) is 0 Å². The van der Waals surface area contributed by atoms with Gasteiger partial charge in [-0.25, -0.2) is 9.97 Å². The van der Waals surface area contributed by atoms with Gasteiger partial charge in [0, 0.05) is 16.9 Å². The summed E-state index contributed by atoms with van der Waals surface area (Å²) in [5, 5.41) is 4.06. The van der Waals surface area contributed by atoms with Crippen molar-refractivity contribution in [3.05, 3.63) is 17.0 Å². The second-order valence-corrected chi connectivity index (χ2v) is 6.47. The maximum absolute atomic E-state index is 6.14. The van der Waals surface area contributed by atoms with Gasteiger partial charge in [0.05, 0.1) is 0 Å². The fourth-order valence-electron chi connectivity index (χ4n) is 2.28. The topological polar surface area (TPSA) is 37.8 Å². The van der Waals surface area contributed by atoms with Crippen LogP contribution in [-0.4, -0.2) is 27.5 Å². The Morgan fingerprint density at radius 1 is 1.44 bits per heavy atom. The average molecular weight is 286 g/mol. The molecule has 0 amide bonds. The third-order valence-electron chi connectivity index (χ3n) is 3.67. The maximum Gasteiger partial charge on any atom is 0.137 e. The molecule has 1 saturated carbocycles. The van der Waals surface area contributed by atoms with E-state index in [-0.39, 0.29) is 0 Å². The van der Waals surface area contributed by atoms with Crippen LogP contribution in [0.1, 0.15) is 38.2 Å². The molecule has 0 aliphatic heterocycles. The van der Waals surface area contributed by atoms with E-state index in [2.05, 4.69) is 28.5 Å². The van der Waals surface area contributed by atoms with Crippen LogP contribution in [0.3, 0.4) is 0 Å². The van der Waals surface area contributed by atoms with Crippen LogP contribution >= 0.6 is 23.4 Å². The van der Waals surface area contributed by atoms with Gasteiger partial charge in [0.15, 0.2) is 0 Å². The molecule has 0 aromatic carbocycles. The number of anilines is 1. The van der Waals surface area contributed by atoms with E-state index >= 15 is 0 Å². The Labute approximate surface area is 118 Å². The van der Waals surface area contributed by atoms with Crippen molar-refractivity contribution < 1.29 is 0 Å². The highest BCUT2D eigenvalue weighted by Crippen LogP contribution is 2.42. The third-order valence-corrected chi connectivity index (χ3v) is 5.41. The Bertz CT molecular complexity index is 402. The Kier molecular flexibility index (Phi) is 4.73. The number of thioether (sulfide) groups is 1. The molecule has 2 rings (SSSR count). The molecular formula is C13H20ClN3S. The highest BCUT2D eigenvalue weighted by Gasteiger charge is 2.36. The molecule has 0 saturated heterocycles. The summed E-state index contributed by atoms with van der Waals surface area (Å²) >= 11 is 8.11. The van der Waals surface area contributed by atoms with Crippen molar-refractivity contribution in [2.45, 2.75) is 43.8 Å². The number of hydrogen-bond acceptors (Lipinski definition) is 4. The van der Waals surface area contributed by atoms with Crippen LogP contribution in [0.4, 0.5) is 5.82 Å². The van der Waals surface area contributed by atoms with Crippen LogP contribution in [0.2, 0.25) is 5.15 Å². The van der Waals surface area contributed by atoms with E-state index in [4.69, 9.17) is 11.6 Å². The van der Waals surface area contributed by atoms with Crippen LogP contribution in [0.15, 0.2) is 6.33 Å². The smallest absolute Gasteiger partial charge is 0.137 e. The summed E-state index contributed by atoms with van der Waals surface area (Å²) in [6, 6.07) is 0. The van der Waals surface area contributed by atoms with Crippen LogP contribution < -0.4 is 5.32 Å². The van der Waals surface area contributed by atoms with Crippen molar-refractivity contribution >= 4 is 29.2 Å². The molecule has 100 valence electrons. The molecule has 1 N–H and O–H groups in total. The second kappa shape index (κ2) is 6.11. The third kappa shape index (κ3) is 2.91. The summed E-state index contributed by atoms with van der Waals surface area (Å²) in [4.78, 5) is 8.40. The van der Waals surface area contributed by atoms with Crippen molar-refractivity contribution in [1.82, 2.24) is 9.97 Å². The summed E-state index contributed by atoms with van der Waals surface area (Å²) in [6.45, 7) is 3.11. The largest absolute Gasteiger partial charge is 0.368 e. The lowest BCUT2D eigenvalue weighted by Gasteiger charge is -2.40. The number of rotatable bonds is 6. The first-order chi connectivity index (χ1) is 8.71. The van der Waals surface area contributed by atoms with Gasteiger partial charge >= 0.3 is 0 Å². The summed E-state index contributed by atoms with van der Waals surface area (Å²) in [5.41, 5.74) is 1.05. The molecule has 3 nitrogen and oxygen atoms in total. The summed E-state index contributed by atoms with van der Waals surface area (Å²) in [6.07, 6.45) is 9.64. The van der Waals surface area contributed by atoms with Crippen LogP contribution in [0.5, 0.6) is 0 Å². The predicted octanol–water partition coefficient (Wildman–Crippen LogP) is 3.78. The first-order valence-corrected chi connectivity index (χ1v) is 8.09. The van der Waals surface area contributed by atoms with E-state index in [1.54, 1.807) is 0 Å². The minimum Gasteiger partial charge on any atom is -0.368 e. The number of aromatic nitrogens is 2. The molecule has 1 aromatic heterocycles. The van der Waals surface area contributed by atoms with Gasteiger partial charge in [0.25, 0.3) is 0 Å². The van der Waals surface area contributed by atoms with Gasteiger partial charge in [-0.15, -0.1) is 0 Å². The van der Waals surface area contributed by atoms with Crippen LogP contribution in [0, 0.1) is 0 Å². The van der Waals surface area contributed by atoms with Crippen LogP contribution in [0.25, 0.3) is 0 Å². The van der Waals surface area contributed by atoms with E-state index < -0.39 is 0 Å². The fourth-order valence-corrected chi connectivity index (χ4v) is 3.42. The van der Waals surface area contributed by atoms with Gasteiger partial charge in [-0.2, -0.15) is 11.8 Å². The van der Waals surface area contributed by atoms with E-state index in [9.17, 15) is 0 Å². The standard InChI is InChI=1S/C13H20ClN3S/c1-3-5-10-11(14)16-9-17-12(10)15-8-13(18-2)6-4-7-13/h9H,3-8H2,1-2H3,(H,15,16,17). The highest BCUT2D eigenvalue weighted by molar-refractivity contribution is 8.00. The molecule has 1 heterocycles. The first kappa shape index (κ1) is 13.9. The molecular weight excluding hydrogens is 266 g/mol. The second-order valence-electron chi connectivity index (χ2n) is 4.84. The lowest BCUT2D eigenvalue weighted by molar-refractivity contribution is 0.379. The Hall–Kier alpha value is -0.480. The minimum absolute atomic E-state index is 0.404. The van der Waals surface area contributed by atoms with E-state index in [0.29, 0.717) is 9.90 Å². The molecule has 0 bridgehead atoms. The number of halogens is 1. The van der Waals surface area contributed by atoms with Crippen molar-refractivity contribution in [2.24, 2.45) is 0 Å². The predicted molar refractivity (Wildman–Crippen MR) is 79.6 cm³/mol. The maximum atomic E-state index is 6.14. The normalized spacial score (nSPS) is 17.3. The summed E-state index contributed by atoms with van der Waals surface area (Å²) in [5.74, 6) is 0.914. The minimum atomic E-state index is 0.404. The molecule has 1 fully saturated rings. The van der Waals surface area contributed by atoms with Gasteiger partial charge in [0.1, 0.15) is 17.3 Å². The zero-order chi connectivity index (χ0) is 13.0. The van der Waals surface area contributed by atoms with Gasteiger partial charge < -0.3 is 5.32 Å². The molecule has 0 radical (unpaired) electrons. The Morgan fingerprint density at radius 2 is 2.22 bits per heavy atom. The number of nitrogens with one attached hydrogen (secondary N) is 1. The lowest BCUT2D eigenvalue weighted by atomic mass is 9.84. The van der Waals surface area contributed by atoms with Gasteiger partial charge in [-0.3, -0.25) is 0 Å². The van der Waals surface area contributed by atoms with Gasteiger partial charge in [0.2, 0.25) is 0 Å². The highest BCUT2D eigenvalue weighted by atomic mass is 35.5. The fraction of sp³-hybridized carbons (Fsp3) is 0.692. The van der Waals surface area contributed by atoms with Gasteiger partial charge in [-0.1, -0.05) is 31.4 Å². The zero-order valence-electron chi connectivity index (χ0n) is 11.0. The molecule has 1 aliphatic rings. The summed E-state index contributed by atoms with van der Waals surface area (Å²) < 4.78 is 0.404. The molecule has 18 heavy (non-hydrogen) atoms. The SMILES string of the molecule is CCCc1c(Cl)ncnc1NCC1(SC)CCC1. The van der Waals surface area contributed by atoms with E-state index in [1.807, 2.05) is 11.8 Å². The Morgan fingerprint density at radius 3 is 2.78 bits per heavy atom. The number of nitrogens with zero attached hydrogens (tertiary/aromatic N) is 2. The molecule has 1 aromatic rings. The van der Waals surface area contributed by atoms with Crippen LogP contribution in [-0.2, 0) is 6.42 Å². The van der Waals surface area contributed by atoms with Crippen molar-refractivity contribution in [3.63, 3.8) is 0 Å². The molecule has 0 unspecified atom stereocenters. The van der Waals surface area contributed by atoms with Crippen molar-refractivity contribution in [3.8, 4) is 0 Å². The molecule has 0 spiro atoms. The zero-order valence-corrected chi connectivity index (χ0v) is 12.6. The molecule has 1 aliphatic carbocycles. The number of hydrogen-bond donors (Lipinski definition) is 1. The molecule has 0 atom stereocenters. The monoisotopic (exact) mass is 285 g/mol. The first-order valence-electron chi connectivity index (χ1n) is 6.49. The van der Waals surface area contributed by atoms with E-state index in [0.717, 1.165) is 30.8 Å².